The van der Waals surface area contributed by atoms with E-state index < -0.39 is 0 Å². The van der Waals surface area contributed by atoms with Gasteiger partial charge < -0.3 is 10.1 Å². The van der Waals surface area contributed by atoms with Crippen molar-refractivity contribution in [2.75, 3.05) is 26.8 Å². The summed E-state index contributed by atoms with van der Waals surface area (Å²) in [5, 5.41) is 4.57. The van der Waals surface area contributed by atoms with Gasteiger partial charge in [-0.2, -0.15) is 0 Å². The monoisotopic (exact) mass is 304 g/mol. The van der Waals surface area contributed by atoms with Gasteiger partial charge in [-0.25, -0.2) is 4.98 Å². The predicted molar refractivity (Wildman–Crippen MR) is 90.2 cm³/mol. The van der Waals surface area contributed by atoms with Crippen LogP contribution in [0.15, 0.2) is 18.2 Å². The number of thiazole rings is 1. The lowest BCUT2D eigenvalue weighted by Gasteiger charge is -2.05. The Bertz CT molecular complexity index is 592. The molecular weight excluding hydrogens is 280 g/mol. The standard InChI is InChI=1S/C17H24N2OS/c1-12-5-6-15(13(2)11-12)17-14(3)21-16(19-17)7-8-18-9-10-20-4/h5-6,11,18H,7-10H2,1-4H3. The van der Waals surface area contributed by atoms with Gasteiger partial charge in [0.1, 0.15) is 0 Å². The summed E-state index contributed by atoms with van der Waals surface area (Å²) < 4.78 is 5.02. The molecule has 21 heavy (non-hydrogen) atoms. The number of aryl methyl sites for hydroxylation is 3. The van der Waals surface area contributed by atoms with Gasteiger partial charge in [-0.3, -0.25) is 0 Å². The highest BCUT2D eigenvalue weighted by Gasteiger charge is 2.11. The lowest BCUT2D eigenvalue weighted by atomic mass is 10.0. The van der Waals surface area contributed by atoms with E-state index >= 15 is 0 Å². The predicted octanol–water partition coefficient (Wildman–Crippen LogP) is 3.51. The summed E-state index contributed by atoms with van der Waals surface area (Å²) in [6, 6.07) is 6.57. The number of ether oxygens (including phenoxy) is 1. The molecule has 3 nitrogen and oxygen atoms in total. The van der Waals surface area contributed by atoms with Crippen LogP contribution in [0.4, 0.5) is 0 Å². The molecular formula is C17H24N2OS. The summed E-state index contributed by atoms with van der Waals surface area (Å²) in [5.74, 6) is 0. The highest BCUT2D eigenvalue weighted by molar-refractivity contribution is 7.12. The molecule has 2 rings (SSSR count). The van der Waals surface area contributed by atoms with Gasteiger partial charge in [0.2, 0.25) is 0 Å². The smallest absolute Gasteiger partial charge is 0.0948 e. The molecule has 2 aromatic rings. The van der Waals surface area contributed by atoms with Gasteiger partial charge in [0.15, 0.2) is 0 Å². The molecule has 1 aromatic heterocycles. The zero-order chi connectivity index (χ0) is 15.2. The molecule has 0 saturated carbocycles. The molecule has 0 spiro atoms. The first-order chi connectivity index (χ1) is 10.1. The van der Waals surface area contributed by atoms with E-state index in [0.717, 1.165) is 31.8 Å². The molecule has 0 fully saturated rings. The summed E-state index contributed by atoms with van der Waals surface area (Å²) >= 11 is 1.80. The Labute approximate surface area is 131 Å². The molecule has 1 N–H and O–H groups in total. The molecule has 0 bridgehead atoms. The molecule has 0 radical (unpaired) electrons. The van der Waals surface area contributed by atoms with Crippen LogP contribution in [0.1, 0.15) is 21.0 Å². The number of nitrogens with zero attached hydrogens (tertiary/aromatic N) is 1. The maximum atomic E-state index is 5.02. The van der Waals surface area contributed by atoms with E-state index in [-0.39, 0.29) is 0 Å². The molecule has 0 aliphatic carbocycles. The first kappa shape index (κ1) is 16.1. The molecule has 0 saturated heterocycles. The van der Waals surface area contributed by atoms with Gasteiger partial charge in [0, 0.05) is 37.1 Å². The van der Waals surface area contributed by atoms with Crippen molar-refractivity contribution in [1.29, 1.82) is 0 Å². The number of nitrogens with one attached hydrogen (secondary N) is 1. The largest absolute Gasteiger partial charge is 0.383 e. The third kappa shape index (κ3) is 4.37. The zero-order valence-corrected chi connectivity index (χ0v) is 14.1. The highest BCUT2D eigenvalue weighted by Crippen LogP contribution is 2.30. The van der Waals surface area contributed by atoms with Crippen LogP contribution in [0.2, 0.25) is 0 Å². The molecule has 0 amide bonds. The van der Waals surface area contributed by atoms with Crippen molar-refractivity contribution in [3.8, 4) is 11.3 Å². The second-order valence-electron chi connectivity index (χ2n) is 5.32. The van der Waals surface area contributed by atoms with E-state index in [1.165, 1.54) is 26.6 Å². The number of rotatable bonds is 7. The number of hydrogen-bond donors (Lipinski definition) is 1. The van der Waals surface area contributed by atoms with E-state index in [4.69, 9.17) is 9.72 Å². The average Bonchev–Trinajstić information content (AvgIpc) is 2.80. The minimum absolute atomic E-state index is 0.755. The Kier molecular flexibility index (Phi) is 5.91. The lowest BCUT2D eigenvalue weighted by molar-refractivity contribution is 0.199. The van der Waals surface area contributed by atoms with Gasteiger partial charge in [0.05, 0.1) is 17.3 Å². The van der Waals surface area contributed by atoms with Gasteiger partial charge in [-0.1, -0.05) is 23.8 Å². The van der Waals surface area contributed by atoms with E-state index in [1.54, 1.807) is 18.4 Å². The third-order valence-electron chi connectivity index (χ3n) is 3.48. The number of hydrogen-bond acceptors (Lipinski definition) is 4. The lowest BCUT2D eigenvalue weighted by Crippen LogP contribution is -2.21. The van der Waals surface area contributed by atoms with Crippen LogP contribution >= 0.6 is 11.3 Å². The molecule has 1 aromatic carbocycles. The second kappa shape index (κ2) is 7.69. The fourth-order valence-electron chi connectivity index (χ4n) is 2.38. The Morgan fingerprint density at radius 3 is 2.71 bits per heavy atom. The van der Waals surface area contributed by atoms with Crippen LogP contribution in [0.25, 0.3) is 11.3 Å². The van der Waals surface area contributed by atoms with Crippen LogP contribution < -0.4 is 5.32 Å². The van der Waals surface area contributed by atoms with Crippen LogP contribution in [0.5, 0.6) is 0 Å². The van der Waals surface area contributed by atoms with Crippen LogP contribution in [0.3, 0.4) is 0 Å². The van der Waals surface area contributed by atoms with E-state index in [1.807, 2.05) is 0 Å². The molecule has 4 heteroatoms. The Balaban J connectivity index is 2.05. The molecule has 0 aliphatic heterocycles. The first-order valence-electron chi connectivity index (χ1n) is 7.35. The minimum Gasteiger partial charge on any atom is -0.383 e. The SMILES string of the molecule is COCCNCCc1nc(-c2ccc(C)cc2C)c(C)s1. The molecule has 0 atom stereocenters. The molecule has 0 unspecified atom stereocenters. The zero-order valence-electron chi connectivity index (χ0n) is 13.3. The number of methoxy groups -OCH3 is 1. The summed E-state index contributed by atoms with van der Waals surface area (Å²) in [6.45, 7) is 9.04. The first-order valence-corrected chi connectivity index (χ1v) is 8.17. The fraction of sp³-hybridized carbons (Fsp3) is 0.471. The van der Waals surface area contributed by atoms with Crippen molar-refractivity contribution in [3.63, 3.8) is 0 Å². The fourth-order valence-corrected chi connectivity index (χ4v) is 3.33. The molecule has 0 aliphatic rings. The Hall–Kier alpha value is -1.23. The van der Waals surface area contributed by atoms with Crippen molar-refractivity contribution in [2.45, 2.75) is 27.2 Å². The Morgan fingerprint density at radius 2 is 2.00 bits per heavy atom. The summed E-state index contributed by atoms with van der Waals surface area (Å²) in [4.78, 5) is 6.14. The van der Waals surface area contributed by atoms with Crippen molar-refractivity contribution in [2.24, 2.45) is 0 Å². The number of benzene rings is 1. The summed E-state index contributed by atoms with van der Waals surface area (Å²) in [7, 11) is 1.72. The average molecular weight is 304 g/mol. The maximum Gasteiger partial charge on any atom is 0.0948 e. The molecule has 114 valence electrons. The Morgan fingerprint density at radius 1 is 1.19 bits per heavy atom. The van der Waals surface area contributed by atoms with E-state index in [0.29, 0.717) is 0 Å². The topological polar surface area (TPSA) is 34.1 Å². The van der Waals surface area contributed by atoms with Gasteiger partial charge >= 0.3 is 0 Å². The highest BCUT2D eigenvalue weighted by atomic mass is 32.1. The van der Waals surface area contributed by atoms with E-state index in [2.05, 4.69) is 44.3 Å². The van der Waals surface area contributed by atoms with Gasteiger partial charge in [-0.15, -0.1) is 11.3 Å². The molecule has 1 heterocycles. The van der Waals surface area contributed by atoms with Crippen molar-refractivity contribution < 1.29 is 4.74 Å². The normalized spacial score (nSPS) is 11.0. The summed E-state index contributed by atoms with van der Waals surface area (Å²) in [6.07, 6.45) is 0.972. The van der Waals surface area contributed by atoms with Gasteiger partial charge in [0.25, 0.3) is 0 Å². The minimum atomic E-state index is 0.755. The number of aromatic nitrogens is 1. The van der Waals surface area contributed by atoms with Crippen LogP contribution in [0, 0.1) is 20.8 Å². The van der Waals surface area contributed by atoms with Crippen LogP contribution in [-0.4, -0.2) is 31.8 Å². The van der Waals surface area contributed by atoms with Gasteiger partial charge in [-0.05, 0) is 26.3 Å². The van der Waals surface area contributed by atoms with Crippen LogP contribution in [-0.2, 0) is 11.2 Å². The third-order valence-corrected chi connectivity index (χ3v) is 4.51. The van der Waals surface area contributed by atoms with E-state index in [9.17, 15) is 0 Å². The maximum absolute atomic E-state index is 5.02. The van der Waals surface area contributed by atoms with Crippen molar-refractivity contribution >= 4 is 11.3 Å². The second-order valence-corrected chi connectivity index (χ2v) is 6.61. The quantitative estimate of drug-likeness (QED) is 0.795. The summed E-state index contributed by atoms with van der Waals surface area (Å²) in [5.41, 5.74) is 5.00. The van der Waals surface area contributed by atoms with Crippen molar-refractivity contribution in [1.82, 2.24) is 10.3 Å². The van der Waals surface area contributed by atoms with Crippen molar-refractivity contribution in [3.05, 3.63) is 39.2 Å².